The highest BCUT2D eigenvalue weighted by Crippen LogP contribution is 2.09. The van der Waals surface area contributed by atoms with Crippen molar-refractivity contribution < 1.29 is 0 Å². The van der Waals surface area contributed by atoms with E-state index in [1.165, 1.54) is 16.7 Å². The number of nitrogens with zero attached hydrogens (tertiary/aromatic N) is 1. The molecule has 0 aliphatic rings. The van der Waals surface area contributed by atoms with Crippen molar-refractivity contribution in [2.45, 2.75) is 27.2 Å². The van der Waals surface area contributed by atoms with Gasteiger partial charge in [0.15, 0.2) is 5.96 Å². The summed E-state index contributed by atoms with van der Waals surface area (Å²) in [5.74, 6) is 0.853. The van der Waals surface area contributed by atoms with Crippen LogP contribution in [0.4, 0.5) is 0 Å². The van der Waals surface area contributed by atoms with Gasteiger partial charge in [-0.1, -0.05) is 35.4 Å². The molecule has 0 aromatic heterocycles. The Morgan fingerprint density at radius 2 is 1.85 bits per heavy atom. The molecule has 1 aromatic rings. The number of aryl methyl sites for hydroxylation is 2. The van der Waals surface area contributed by atoms with Crippen molar-refractivity contribution in [3.8, 4) is 0 Å². The van der Waals surface area contributed by atoms with E-state index in [1.54, 1.807) is 0 Å². The number of halogens is 1. The van der Waals surface area contributed by atoms with Gasteiger partial charge < -0.3 is 10.6 Å². The molecule has 2 N–H and O–H groups in total. The Labute approximate surface area is 140 Å². The van der Waals surface area contributed by atoms with E-state index < -0.39 is 0 Å². The van der Waals surface area contributed by atoms with E-state index in [1.807, 2.05) is 6.08 Å². The quantitative estimate of drug-likeness (QED) is 0.340. The molecule has 0 amide bonds. The van der Waals surface area contributed by atoms with Gasteiger partial charge in [-0.25, -0.2) is 0 Å². The molecular weight excluding hydrogens is 361 g/mol. The highest BCUT2D eigenvalue weighted by molar-refractivity contribution is 14.0. The summed E-state index contributed by atoms with van der Waals surface area (Å²) in [6, 6.07) is 6.65. The van der Waals surface area contributed by atoms with Crippen molar-refractivity contribution in [3.63, 3.8) is 0 Å². The maximum absolute atomic E-state index is 4.55. The van der Waals surface area contributed by atoms with Crippen molar-refractivity contribution in [1.29, 1.82) is 0 Å². The summed E-state index contributed by atoms with van der Waals surface area (Å²) < 4.78 is 0. The lowest BCUT2D eigenvalue weighted by Gasteiger charge is -2.09. The zero-order valence-electron chi connectivity index (χ0n) is 12.7. The fraction of sp³-hybridized carbons (Fsp3) is 0.438. The van der Waals surface area contributed by atoms with Gasteiger partial charge in [-0.15, -0.1) is 30.6 Å². The fourth-order valence-electron chi connectivity index (χ4n) is 2.02. The van der Waals surface area contributed by atoms with Gasteiger partial charge >= 0.3 is 0 Å². The Bertz CT molecular complexity index is 421. The van der Waals surface area contributed by atoms with E-state index in [2.05, 4.69) is 61.2 Å². The van der Waals surface area contributed by atoms with E-state index in [0.717, 1.165) is 32.0 Å². The minimum atomic E-state index is 0. The Balaban J connectivity index is 0.00000361. The van der Waals surface area contributed by atoms with Gasteiger partial charge in [0.05, 0.1) is 0 Å². The predicted octanol–water partition coefficient (Wildman–Crippen LogP) is 3.21. The van der Waals surface area contributed by atoms with Gasteiger partial charge in [-0.05, 0) is 32.8 Å². The highest BCUT2D eigenvalue weighted by Gasteiger charge is 1.97. The van der Waals surface area contributed by atoms with Crippen LogP contribution in [-0.2, 0) is 6.42 Å². The number of aliphatic imine (C=N–C) groups is 1. The van der Waals surface area contributed by atoms with Crippen molar-refractivity contribution in [1.82, 2.24) is 10.6 Å². The van der Waals surface area contributed by atoms with Crippen LogP contribution in [0.25, 0.3) is 0 Å². The highest BCUT2D eigenvalue weighted by atomic mass is 127. The molecule has 0 bridgehead atoms. The van der Waals surface area contributed by atoms with Crippen LogP contribution in [0.5, 0.6) is 0 Å². The second-order valence-corrected chi connectivity index (χ2v) is 4.68. The maximum atomic E-state index is 4.55. The average Bonchev–Trinajstić information content (AvgIpc) is 2.34. The van der Waals surface area contributed by atoms with Crippen molar-refractivity contribution in [2.75, 3.05) is 19.6 Å². The van der Waals surface area contributed by atoms with Crippen LogP contribution in [0.3, 0.4) is 0 Å². The van der Waals surface area contributed by atoms with Crippen LogP contribution in [0.1, 0.15) is 23.6 Å². The van der Waals surface area contributed by atoms with E-state index in [0.29, 0.717) is 0 Å². The molecule has 20 heavy (non-hydrogen) atoms. The van der Waals surface area contributed by atoms with Crippen LogP contribution in [0.15, 0.2) is 35.8 Å². The number of guanidine groups is 1. The predicted molar refractivity (Wildman–Crippen MR) is 99.2 cm³/mol. The molecule has 0 atom stereocenters. The minimum Gasteiger partial charge on any atom is -0.357 e. The van der Waals surface area contributed by atoms with E-state index in [4.69, 9.17) is 0 Å². The van der Waals surface area contributed by atoms with E-state index in [-0.39, 0.29) is 24.0 Å². The lowest BCUT2D eigenvalue weighted by Crippen LogP contribution is -2.37. The standard InChI is InChI=1S/C16H25N3.HI/c1-5-8-18-16(17-6-2)19-9-7-15-11-13(3)10-14(4)12-15;/h5,10-12H,1,6-9H2,2-4H3,(H2,17,18,19);1H. The molecule has 4 heteroatoms. The number of hydrogen-bond acceptors (Lipinski definition) is 1. The Hall–Kier alpha value is -1.04. The molecule has 0 heterocycles. The molecule has 0 spiro atoms. The zero-order valence-corrected chi connectivity index (χ0v) is 15.0. The van der Waals surface area contributed by atoms with Crippen molar-refractivity contribution in [2.24, 2.45) is 4.99 Å². The lowest BCUT2D eigenvalue weighted by atomic mass is 10.1. The molecule has 0 aliphatic carbocycles. The monoisotopic (exact) mass is 387 g/mol. The number of nitrogens with one attached hydrogen (secondary N) is 2. The minimum absolute atomic E-state index is 0. The van der Waals surface area contributed by atoms with Crippen LogP contribution in [0, 0.1) is 13.8 Å². The third kappa shape index (κ3) is 7.53. The molecule has 1 aromatic carbocycles. The first-order valence-corrected chi connectivity index (χ1v) is 6.86. The smallest absolute Gasteiger partial charge is 0.191 e. The topological polar surface area (TPSA) is 36.4 Å². The fourth-order valence-corrected chi connectivity index (χ4v) is 2.02. The van der Waals surface area contributed by atoms with Gasteiger partial charge in [-0.2, -0.15) is 0 Å². The second kappa shape index (κ2) is 10.7. The average molecular weight is 387 g/mol. The summed E-state index contributed by atoms with van der Waals surface area (Å²) in [6.07, 6.45) is 2.80. The molecule has 0 unspecified atom stereocenters. The van der Waals surface area contributed by atoms with E-state index >= 15 is 0 Å². The zero-order chi connectivity index (χ0) is 14.1. The molecule has 3 nitrogen and oxygen atoms in total. The first-order valence-electron chi connectivity index (χ1n) is 6.86. The van der Waals surface area contributed by atoms with Crippen LogP contribution >= 0.6 is 24.0 Å². The maximum Gasteiger partial charge on any atom is 0.191 e. The normalized spacial score (nSPS) is 10.7. The summed E-state index contributed by atoms with van der Waals surface area (Å²) in [4.78, 5) is 4.55. The van der Waals surface area contributed by atoms with Gasteiger partial charge in [0.1, 0.15) is 0 Å². The Morgan fingerprint density at radius 1 is 1.20 bits per heavy atom. The largest absolute Gasteiger partial charge is 0.357 e. The second-order valence-electron chi connectivity index (χ2n) is 4.68. The third-order valence-electron chi connectivity index (χ3n) is 2.71. The third-order valence-corrected chi connectivity index (χ3v) is 2.71. The molecule has 112 valence electrons. The Kier molecular flexibility index (Phi) is 10.2. The van der Waals surface area contributed by atoms with Gasteiger partial charge in [0.2, 0.25) is 0 Å². The summed E-state index contributed by atoms with van der Waals surface area (Å²) in [7, 11) is 0. The number of rotatable bonds is 6. The molecular formula is C16H26IN3. The van der Waals surface area contributed by atoms with E-state index in [9.17, 15) is 0 Å². The summed E-state index contributed by atoms with van der Waals surface area (Å²) in [5, 5.41) is 6.42. The van der Waals surface area contributed by atoms with Crippen LogP contribution < -0.4 is 10.6 Å². The summed E-state index contributed by atoms with van der Waals surface area (Å²) in [5.41, 5.74) is 3.98. The summed E-state index contributed by atoms with van der Waals surface area (Å²) in [6.45, 7) is 12.4. The molecule has 0 fully saturated rings. The molecule has 0 saturated carbocycles. The lowest BCUT2D eigenvalue weighted by molar-refractivity contribution is 0.851. The van der Waals surface area contributed by atoms with Gasteiger partial charge in [0, 0.05) is 19.6 Å². The number of hydrogen-bond donors (Lipinski definition) is 2. The van der Waals surface area contributed by atoms with Gasteiger partial charge in [-0.3, -0.25) is 4.99 Å². The van der Waals surface area contributed by atoms with Crippen LogP contribution in [-0.4, -0.2) is 25.6 Å². The van der Waals surface area contributed by atoms with Gasteiger partial charge in [0.25, 0.3) is 0 Å². The first kappa shape index (κ1) is 19.0. The Morgan fingerprint density at radius 3 is 2.40 bits per heavy atom. The van der Waals surface area contributed by atoms with Crippen molar-refractivity contribution in [3.05, 3.63) is 47.5 Å². The first-order chi connectivity index (χ1) is 9.15. The molecule has 0 radical (unpaired) electrons. The number of benzene rings is 1. The SMILES string of the molecule is C=CCNC(=NCCc1cc(C)cc(C)c1)NCC.I. The molecule has 1 rings (SSSR count). The summed E-state index contributed by atoms with van der Waals surface area (Å²) >= 11 is 0. The molecule has 0 saturated heterocycles. The van der Waals surface area contributed by atoms with Crippen molar-refractivity contribution >= 4 is 29.9 Å². The molecule has 0 aliphatic heterocycles. The van der Waals surface area contributed by atoms with Crippen LogP contribution in [0.2, 0.25) is 0 Å².